The number of aliphatic imine (C=N–C) groups is 1. The Hall–Kier alpha value is -3.43. The van der Waals surface area contributed by atoms with E-state index in [1.165, 1.54) is 0 Å². The molecule has 2 N–H and O–H groups in total. The molecule has 29 heavy (non-hydrogen) atoms. The number of nitrogens with one attached hydrogen (secondary N) is 2. The fourth-order valence-electron chi connectivity index (χ4n) is 3.19. The lowest BCUT2D eigenvalue weighted by Gasteiger charge is -2.36. The van der Waals surface area contributed by atoms with Gasteiger partial charge in [0.2, 0.25) is 11.8 Å². The van der Waals surface area contributed by atoms with E-state index < -0.39 is 0 Å². The van der Waals surface area contributed by atoms with Gasteiger partial charge in [-0.2, -0.15) is 5.10 Å². The lowest BCUT2D eigenvalue weighted by molar-refractivity contribution is 0.370. The maximum Gasteiger partial charge on any atom is 0.225 e. The minimum absolute atomic E-state index is 0.570. The molecule has 0 atom stereocenters. The summed E-state index contributed by atoms with van der Waals surface area (Å²) >= 11 is 0. The van der Waals surface area contributed by atoms with Crippen LogP contribution in [-0.4, -0.2) is 75.3 Å². The van der Waals surface area contributed by atoms with Crippen molar-refractivity contribution in [1.29, 1.82) is 0 Å². The average Bonchev–Trinajstić information content (AvgIpc) is 3.46. The molecule has 1 fully saturated rings. The van der Waals surface area contributed by atoms with Gasteiger partial charge in [0.05, 0.1) is 6.26 Å². The second-order valence-corrected chi connectivity index (χ2v) is 6.59. The van der Waals surface area contributed by atoms with E-state index in [0.29, 0.717) is 24.6 Å². The van der Waals surface area contributed by atoms with Crippen molar-refractivity contribution in [2.45, 2.75) is 13.3 Å². The molecule has 10 heteroatoms. The number of H-pyrrole nitrogens is 1. The van der Waals surface area contributed by atoms with Crippen molar-refractivity contribution in [2.75, 3.05) is 44.2 Å². The smallest absolute Gasteiger partial charge is 0.225 e. The minimum atomic E-state index is 0.570. The highest BCUT2D eigenvalue weighted by Crippen LogP contribution is 2.14. The van der Waals surface area contributed by atoms with Gasteiger partial charge in [-0.05, 0) is 25.1 Å². The molecule has 0 spiro atoms. The molecular formula is C19H25N9O. The molecule has 0 unspecified atom stereocenters. The monoisotopic (exact) mass is 395 g/mol. The number of hydrogen-bond acceptors (Lipinski definition) is 7. The van der Waals surface area contributed by atoms with Crippen LogP contribution in [-0.2, 0) is 6.42 Å². The van der Waals surface area contributed by atoms with Crippen LogP contribution in [0.5, 0.6) is 0 Å². The summed E-state index contributed by atoms with van der Waals surface area (Å²) < 4.78 is 5.33. The maximum atomic E-state index is 5.33. The Labute approximate surface area is 169 Å². The van der Waals surface area contributed by atoms with Crippen LogP contribution in [0.4, 0.5) is 5.95 Å². The van der Waals surface area contributed by atoms with E-state index >= 15 is 0 Å². The summed E-state index contributed by atoms with van der Waals surface area (Å²) in [7, 11) is 0. The molecule has 4 heterocycles. The zero-order valence-electron chi connectivity index (χ0n) is 16.5. The Morgan fingerprint density at radius 1 is 1.21 bits per heavy atom. The van der Waals surface area contributed by atoms with Gasteiger partial charge in [0, 0.05) is 58.1 Å². The number of rotatable bonds is 6. The molecule has 3 aromatic rings. The van der Waals surface area contributed by atoms with E-state index in [4.69, 9.17) is 9.41 Å². The van der Waals surface area contributed by atoms with E-state index in [2.05, 4.69) is 47.2 Å². The fraction of sp³-hybridized carbons (Fsp3) is 0.421. The standard InChI is InChI=1S/C19H25N9O/c1-2-20-18(27-10-12-28(13-11-27)19-21-7-4-8-22-19)23-9-6-16-24-17(26-25-16)15-5-3-14-29-15/h3-5,7-8,14H,2,6,9-13H2,1H3,(H,20,23)(H,24,25,26). The summed E-state index contributed by atoms with van der Waals surface area (Å²) in [6.45, 7) is 6.99. The van der Waals surface area contributed by atoms with Gasteiger partial charge in [-0.1, -0.05) is 0 Å². The summed E-state index contributed by atoms with van der Waals surface area (Å²) in [5.41, 5.74) is 0. The SMILES string of the molecule is CCNC(=NCCc1nc(-c2ccco2)n[nH]1)N1CCN(c2ncccn2)CC1. The average molecular weight is 395 g/mol. The molecular weight excluding hydrogens is 370 g/mol. The van der Waals surface area contributed by atoms with Crippen molar-refractivity contribution in [3.05, 3.63) is 42.7 Å². The van der Waals surface area contributed by atoms with Gasteiger partial charge < -0.3 is 19.5 Å². The first-order chi connectivity index (χ1) is 14.3. The predicted molar refractivity (Wildman–Crippen MR) is 110 cm³/mol. The van der Waals surface area contributed by atoms with Crippen LogP contribution in [0.15, 0.2) is 46.3 Å². The summed E-state index contributed by atoms with van der Waals surface area (Å²) in [6, 6.07) is 5.50. The van der Waals surface area contributed by atoms with Crippen molar-refractivity contribution in [3.8, 4) is 11.6 Å². The zero-order valence-corrected chi connectivity index (χ0v) is 16.5. The van der Waals surface area contributed by atoms with Crippen LogP contribution in [0.2, 0.25) is 0 Å². The second-order valence-electron chi connectivity index (χ2n) is 6.59. The van der Waals surface area contributed by atoms with Crippen LogP contribution >= 0.6 is 0 Å². The van der Waals surface area contributed by atoms with Gasteiger partial charge in [-0.25, -0.2) is 15.0 Å². The Morgan fingerprint density at radius 2 is 2.03 bits per heavy atom. The number of furan rings is 1. The summed E-state index contributed by atoms with van der Waals surface area (Å²) in [5.74, 6) is 3.73. The van der Waals surface area contributed by atoms with Crippen LogP contribution in [0.25, 0.3) is 11.6 Å². The normalized spacial score (nSPS) is 15.0. The summed E-state index contributed by atoms with van der Waals surface area (Å²) in [5, 5.41) is 10.5. The molecule has 0 aromatic carbocycles. The molecule has 0 saturated carbocycles. The molecule has 152 valence electrons. The van der Waals surface area contributed by atoms with Gasteiger partial charge in [-0.3, -0.25) is 10.1 Å². The Bertz CT molecular complexity index is 899. The number of aromatic amines is 1. The van der Waals surface area contributed by atoms with Crippen molar-refractivity contribution in [2.24, 2.45) is 4.99 Å². The first-order valence-corrected chi connectivity index (χ1v) is 9.84. The van der Waals surface area contributed by atoms with Crippen molar-refractivity contribution in [3.63, 3.8) is 0 Å². The van der Waals surface area contributed by atoms with E-state index in [1.807, 2.05) is 18.2 Å². The molecule has 3 aromatic heterocycles. The molecule has 1 aliphatic rings. The predicted octanol–water partition coefficient (Wildman–Crippen LogP) is 1.18. The van der Waals surface area contributed by atoms with E-state index in [9.17, 15) is 0 Å². The third-order valence-corrected chi connectivity index (χ3v) is 4.63. The van der Waals surface area contributed by atoms with Crippen molar-refractivity contribution < 1.29 is 4.42 Å². The van der Waals surface area contributed by atoms with Crippen molar-refractivity contribution >= 4 is 11.9 Å². The number of anilines is 1. The van der Waals surface area contributed by atoms with Crippen LogP contribution in [0.1, 0.15) is 12.7 Å². The Morgan fingerprint density at radius 3 is 2.76 bits per heavy atom. The van der Waals surface area contributed by atoms with Gasteiger partial charge in [0.1, 0.15) is 5.82 Å². The number of piperazine rings is 1. The van der Waals surface area contributed by atoms with Crippen LogP contribution < -0.4 is 10.2 Å². The highest BCUT2D eigenvalue weighted by atomic mass is 16.3. The summed E-state index contributed by atoms with van der Waals surface area (Å²) in [4.78, 5) is 22.4. The highest BCUT2D eigenvalue weighted by molar-refractivity contribution is 5.80. The first kappa shape index (κ1) is 18.9. The number of guanidine groups is 1. The Kier molecular flexibility index (Phi) is 5.98. The van der Waals surface area contributed by atoms with Crippen LogP contribution in [0, 0.1) is 0 Å². The van der Waals surface area contributed by atoms with E-state index in [-0.39, 0.29) is 0 Å². The molecule has 0 radical (unpaired) electrons. The van der Waals surface area contributed by atoms with Gasteiger partial charge in [0.25, 0.3) is 0 Å². The van der Waals surface area contributed by atoms with E-state index in [0.717, 1.165) is 50.5 Å². The second kappa shape index (κ2) is 9.18. The van der Waals surface area contributed by atoms with Crippen LogP contribution in [0.3, 0.4) is 0 Å². The minimum Gasteiger partial charge on any atom is -0.461 e. The van der Waals surface area contributed by atoms with Gasteiger partial charge in [-0.15, -0.1) is 0 Å². The maximum absolute atomic E-state index is 5.33. The summed E-state index contributed by atoms with van der Waals surface area (Å²) in [6.07, 6.45) is 5.85. The van der Waals surface area contributed by atoms with Crippen molar-refractivity contribution in [1.82, 2.24) is 35.4 Å². The van der Waals surface area contributed by atoms with Gasteiger partial charge in [0.15, 0.2) is 11.7 Å². The zero-order chi connectivity index (χ0) is 19.9. The number of hydrogen-bond donors (Lipinski definition) is 2. The molecule has 0 bridgehead atoms. The first-order valence-electron chi connectivity index (χ1n) is 9.84. The third-order valence-electron chi connectivity index (χ3n) is 4.63. The molecule has 1 aliphatic heterocycles. The largest absolute Gasteiger partial charge is 0.461 e. The molecule has 0 amide bonds. The Balaban J connectivity index is 1.32. The number of aromatic nitrogens is 5. The third kappa shape index (κ3) is 4.71. The topological polar surface area (TPSA) is 111 Å². The molecule has 1 saturated heterocycles. The molecule has 4 rings (SSSR count). The fourth-order valence-corrected chi connectivity index (χ4v) is 3.19. The van der Waals surface area contributed by atoms with Gasteiger partial charge >= 0.3 is 0 Å². The lowest BCUT2D eigenvalue weighted by atomic mass is 10.3. The highest BCUT2D eigenvalue weighted by Gasteiger charge is 2.21. The quantitative estimate of drug-likeness (QED) is 0.473. The molecule has 10 nitrogen and oxygen atoms in total. The molecule has 0 aliphatic carbocycles. The lowest BCUT2D eigenvalue weighted by Crippen LogP contribution is -2.53. The number of nitrogens with zero attached hydrogens (tertiary/aromatic N) is 7. The van der Waals surface area contributed by atoms with E-state index in [1.54, 1.807) is 18.7 Å².